The molecule has 0 aliphatic carbocycles. The molecule has 16 heavy (non-hydrogen) atoms. The van der Waals surface area contributed by atoms with Crippen LogP contribution < -0.4 is 0 Å². The van der Waals surface area contributed by atoms with Crippen LogP contribution in [0, 0.1) is 4.77 Å². The molecule has 0 bridgehead atoms. The number of nitrogens with zero attached hydrogens (tertiary/aromatic N) is 1. The first-order valence-electron chi connectivity index (χ1n) is 5.20. The van der Waals surface area contributed by atoms with Gasteiger partial charge in [-0.05, 0) is 25.1 Å². The average molecular weight is 262 g/mol. The summed E-state index contributed by atoms with van der Waals surface area (Å²) in [4.78, 5) is 2.97. The maximum Gasteiger partial charge on any atom is 0.177 e. The van der Waals surface area contributed by atoms with Gasteiger partial charge in [-0.2, -0.15) is 0 Å². The molecule has 0 aromatic carbocycles. The highest BCUT2D eigenvalue weighted by atomic mass is 32.2. The summed E-state index contributed by atoms with van der Waals surface area (Å²) >= 11 is 5.17. The quantitative estimate of drug-likeness (QED) is 0.847. The first-order chi connectivity index (χ1) is 7.22. The van der Waals surface area contributed by atoms with Crippen LogP contribution in [0.2, 0.25) is 0 Å². The molecule has 1 aromatic heterocycles. The summed E-state index contributed by atoms with van der Waals surface area (Å²) in [5.41, 5.74) is 1.04. The van der Waals surface area contributed by atoms with Gasteiger partial charge in [0.2, 0.25) is 0 Å². The van der Waals surface area contributed by atoms with E-state index in [2.05, 4.69) is 18.8 Å². The molecule has 0 fully saturated rings. The summed E-state index contributed by atoms with van der Waals surface area (Å²) in [6.07, 6.45) is 3.10. The van der Waals surface area contributed by atoms with Gasteiger partial charge < -0.3 is 9.55 Å². The van der Waals surface area contributed by atoms with E-state index in [0.29, 0.717) is 10.7 Å². The summed E-state index contributed by atoms with van der Waals surface area (Å²) in [6.45, 7) is 5.99. The Morgan fingerprint density at radius 2 is 2.00 bits per heavy atom. The van der Waals surface area contributed by atoms with E-state index in [0.717, 1.165) is 5.69 Å². The van der Waals surface area contributed by atoms with Crippen molar-refractivity contribution >= 4 is 22.1 Å². The molecule has 1 N–H and O–H groups in total. The van der Waals surface area contributed by atoms with Gasteiger partial charge >= 0.3 is 0 Å². The number of nitrogens with one attached hydrogen (secondary N) is 1. The molecule has 6 heteroatoms. The maximum absolute atomic E-state index is 11.3. The van der Waals surface area contributed by atoms with E-state index < -0.39 is 9.84 Å². The van der Waals surface area contributed by atoms with Crippen molar-refractivity contribution in [3.05, 3.63) is 16.7 Å². The van der Waals surface area contributed by atoms with E-state index in [9.17, 15) is 8.42 Å². The Kier molecular flexibility index (Phi) is 3.96. The van der Waals surface area contributed by atoms with Crippen molar-refractivity contribution in [1.29, 1.82) is 0 Å². The predicted octanol–water partition coefficient (Wildman–Crippen LogP) is 2.27. The molecule has 0 amide bonds. The molecule has 4 nitrogen and oxygen atoms in total. The summed E-state index contributed by atoms with van der Waals surface area (Å²) in [5.74, 6) is 0.425. The second kappa shape index (κ2) is 4.71. The van der Waals surface area contributed by atoms with Gasteiger partial charge in [0, 0.05) is 24.2 Å². The maximum atomic E-state index is 11.3. The van der Waals surface area contributed by atoms with E-state index >= 15 is 0 Å². The molecular formula is C10H18N2O2S2. The van der Waals surface area contributed by atoms with E-state index in [1.54, 1.807) is 0 Å². The fourth-order valence-electron chi connectivity index (χ4n) is 1.80. The lowest BCUT2D eigenvalue weighted by Gasteiger charge is -2.17. The Morgan fingerprint density at radius 1 is 1.44 bits per heavy atom. The van der Waals surface area contributed by atoms with Crippen LogP contribution >= 0.6 is 12.2 Å². The van der Waals surface area contributed by atoms with Crippen molar-refractivity contribution in [3.63, 3.8) is 0 Å². The van der Waals surface area contributed by atoms with Gasteiger partial charge in [-0.15, -0.1) is 0 Å². The van der Waals surface area contributed by atoms with Gasteiger partial charge in [0.1, 0.15) is 9.84 Å². The van der Waals surface area contributed by atoms with Crippen molar-refractivity contribution in [2.75, 3.05) is 12.0 Å². The van der Waals surface area contributed by atoms with Crippen LogP contribution in [0.5, 0.6) is 0 Å². The Hall–Kier alpha value is -0.620. The molecule has 1 atom stereocenters. The molecule has 1 unspecified atom stereocenters. The van der Waals surface area contributed by atoms with Crippen LogP contribution in [0.3, 0.4) is 0 Å². The number of H-pyrrole nitrogens is 1. The second-order valence-corrected chi connectivity index (χ2v) is 7.06. The normalized spacial score (nSPS) is 14.3. The van der Waals surface area contributed by atoms with Gasteiger partial charge in [-0.1, -0.05) is 13.8 Å². The van der Waals surface area contributed by atoms with Gasteiger partial charge in [0.15, 0.2) is 4.77 Å². The SMILES string of the molecule is CC(C)c1c[nH]c(=S)n1C(C)CS(C)(=O)=O. The Labute approximate surface area is 102 Å². The standard InChI is InChI=1S/C10H18N2O2S2/c1-7(2)9-5-11-10(15)12(9)8(3)6-16(4,13)14/h5,7-8H,6H2,1-4H3,(H,11,15). The topological polar surface area (TPSA) is 54.9 Å². The third-order valence-corrected chi connectivity index (χ3v) is 3.82. The van der Waals surface area contributed by atoms with E-state index in [1.807, 2.05) is 17.7 Å². The lowest BCUT2D eigenvalue weighted by Crippen LogP contribution is -2.18. The molecule has 92 valence electrons. The number of sulfone groups is 1. The zero-order valence-corrected chi connectivity index (χ0v) is 11.7. The van der Waals surface area contributed by atoms with Crippen LogP contribution in [-0.2, 0) is 9.84 Å². The first kappa shape index (κ1) is 13.4. The second-order valence-electron chi connectivity index (χ2n) is 4.48. The third kappa shape index (κ3) is 3.18. The number of imidazole rings is 1. The van der Waals surface area contributed by atoms with E-state index in [4.69, 9.17) is 12.2 Å². The number of aromatic nitrogens is 2. The van der Waals surface area contributed by atoms with Crippen LogP contribution in [0.1, 0.15) is 38.4 Å². The van der Waals surface area contributed by atoms with E-state index in [1.165, 1.54) is 6.26 Å². The molecule has 1 rings (SSSR count). The molecule has 0 saturated carbocycles. The van der Waals surface area contributed by atoms with E-state index in [-0.39, 0.29) is 11.8 Å². The Morgan fingerprint density at radius 3 is 2.44 bits per heavy atom. The molecule has 1 heterocycles. The number of aromatic amines is 1. The van der Waals surface area contributed by atoms with Gasteiger partial charge in [-0.3, -0.25) is 0 Å². The predicted molar refractivity (Wildman–Crippen MR) is 68.1 cm³/mol. The van der Waals surface area contributed by atoms with Crippen molar-refractivity contribution in [2.24, 2.45) is 0 Å². The number of hydrogen-bond acceptors (Lipinski definition) is 3. The number of hydrogen-bond donors (Lipinski definition) is 1. The Balaban J connectivity index is 3.12. The summed E-state index contributed by atoms with van der Waals surface area (Å²) in [7, 11) is -2.99. The fourth-order valence-corrected chi connectivity index (χ4v) is 3.17. The van der Waals surface area contributed by atoms with Crippen molar-refractivity contribution in [1.82, 2.24) is 9.55 Å². The molecule has 1 aromatic rings. The highest BCUT2D eigenvalue weighted by Gasteiger charge is 2.17. The minimum absolute atomic E-state index is 0.110. The highest BCUT2D eigenvalue weighted by Crippen LogP contribution is 2.20. The molecule has 0 spiro atoms. The fraction of sp³-hybridized carbons (Fsp3) is 0.700. The largest absolute Gasteiger partial charge is 0.337 e. The minimum Gasteiger partial charge on any atom is -0.337 e. The lowest BCUT2D eigenvalue weighted by molar-refractivity contribution is 0.535. The molecule has 0 radical (unpaired) electrons. The average Bonchev–Trinajstić information content (AvgIpc) is 2.43. The lowest BCUT2D eigenvalue weighted by atomic mass is 10.1. The van der Waals surface area contributed by atoms with Gasteiger partial charge in [0.05, 0.1) is 5.75 Å². The molecule has 0 saturated heterocycles. The van der Waals surface area contributed by atoms with Gasteiger partial charge in [-0.25, -0.2) is 8.42 Å². The zero-order valence-electron chi connectivity index (χ0n) is 10.0. The van der Waals surface area contributed by atoms with Crippen LogP contribution in [0.4, 0.5) is 0 Å². The first-order valence-corrected chi connectivity index (χ1v) is 7.66. The zero-order chi connectivity index (χ0) is 12.5. The van der Waals surface area contributed by atoms with Crippen molar-refractivity contribution < 1.29 is 8.42 Å². The van der Waals surface area contributed by atoms with Crippen molar-refractivity contribution in [3.8, 4) is 0 Å². The van der Waals surface area contributed by atoms with Crippen LogP contribution in [0.25, 0.3) is 0 Å². The van der Waals surface area contributed by atoms with Gasteiger partial charge in [0.25, 0.3) is 0 Å². The third-order valence-electron chi connectivity index (χ3n) is 2.42. The number of rotatable bonds is 4. The van der Waals surface area contributed by atoms with Crippen molar-refractivity contribution in [2.45, 2.75) is 32.7 Å². The molecule has 0 aliphatic heterocycles. The monoisotopic (exact) mass is 262 g/mol. The minimum atomic E-state index is -2.99. The molecule has 0 aliphatic rings. The smallest absolute Gasteiger partial charge is 0.177 e. The summed E-state index contributed by atoms with van der Waals surface area (Å²) < 4.78 is 25.0. The summed E-state index contributed by atoms with van der Waals surface area (Å²) in [6, 6.07) is -0.133. The Bertz CT molecular complexity index is 511. The van der Waals surface area contributed by atoms with Crippen LogP contribution in [-0.4, -0.2) is 30.0 Å². The summed E-state index contributed by atoms with van der Waals surface area (Å²) in [5, 5.41) is 0. The molecular weight excluding hydrogens is 244 g/mol. The highest BCUT2D eigenvalue weighted by molar-refractivity contribution is 7.90. The van der Waals surface area contributed by atoms with Crippen LogP contribution in [0.15, 0.2) is 6.20 Å².